The minimum Gasteiger partial charge on any atom is -0.497 e. The summed E-state index contributed by atoms with van der Waals surface area (Å²) in [6, 6.07) is 12.2. The van der Waals surface area contributed by atoms with Gasteiger partial charge in [0.05, 0.1) is 19.8 Å². The SMILES string of the molecule is COc1ccc(OC)c([C@@H](c2nnnn2C(C)(C)C)N2CCN(c3ccc(F)cc3)CC2)c1. The molecule has 176 valence electrons. The van der Waals surface area contributed by atoms with Gasteiger partial charge in [-0.05, 0) is 73.7 Å². The molecular formula is C24H31FN6O2. The Morgan fingerprint density at radius 2 is 1.64 bits per heavy atom. The van der Waals surface area contributed by atoms with Gasteiger partial charge in [-0.2, -0.15) is 0 Å². The van der Waals surface area contributed by atoms with E-state index in [1.807, 2.05) is 35.0 Å². The second-order valence-electron chi connectivity index (χ2n) is 9.13. The van der Waals surface area contributed by atoms with Crippen LogP contribution in [0.3, 0.4) is 0 Å². The number of hydrogen-bond donors (Lipinski definition) is 0. The van der Waals surface area contributed by atoms with Crippen molar-refractivity contribution in [3.05, 3.63) is 59.7 Å². The molecule has 0 amide bonds. The first kappa shape index (κ1) is 23.0. The molecular weight excluding hydrogens is 423 g/mol. The average Bonchev–Trinajstić information content (AvgIpc) is 3.30. The summed E-state index contributed by atoms with van der Waals surface area (Å²) in [6.07, 6.45) is 0. The van der Waals surface area contributed by atoms with Crippen molar-refractivity contribution in [1.82, 2.24) is 25.1 Å². The van der Waals surface area contributed by atoms with E-state index in [0.29, 0.717) is 0 Å². The van der Waals surface area contributed by atoms with E-state index >= 15 is 0 Å². The van der Waals surface area contributed by atoms with Crippen LogP contribution >= 0.6 is 0 Å². The number of aromatic nitrogens is 4. The van der Waals surface area contributed by atoms with Gasteiger partial charge < -0.3 is 14.4 Å². The van der Waals surface area contributed by atoms with Crippen molar-refractivity contribution in [3.63, 3.8) is 0 Å². The van der Waals surface area contributed by atoms with E-state index < -0.39 is 0 Å². The fourth-order valence-electron chi connectivity index (χ4n) is 4.28. The zero-order chi connectivity index (χ0) is 23.6. The van der Waals surface area contributed by atoms with Gasteiger partial charge in [-0.25, -0.2) is 9.07 Å². The summed E-state index contributed by atoms with van der Waals surface area (Å²) >= 11 is 0. The van der Waals surface area contributed by atoms with Crippen LogP contribution in [0.5, 0.6) is 11.5 Å². The number of benzene rings is 2. The first-order chi connectivity index (χ1) is 15.8. The average molecular weight is 455 g/mol. The van der Waals surface area contributed by atoms with Crippen molar-refractivity contribution in [1.29, 1.82) is 0 Å². The van der Waals surface area contributed by atoms with Crippen molar-refractivity contribution in [2.75, 3.05) is 45.3 Å². The van der Waals surface area contributed by atoms with Crippen LogP contribution in [0.2, 0.25) is 0 Å². The number of rotatable bonds is 6. The number of hydrogen-bond acceptors (Lipinski definition) is 7. The summed E-state index contributed by atoms with van der Waals surface area (Å²) < 4.78 is 26.5. The van der Waals surface area contributed by atoms with Crippen LogP contribution < -0.4 is 14.4 Å². The fourth-order valence-corrected chi connectivity index (χ4v) is 4.28. The molecule has 1 fully saturated rings. The van der Waals surface area contributed by atoms with Crippen LogP contribution in [0, 0.1) is 5.82 Å². The Bertz CT molecular complexity index is 1070. The number of nitrogens with zero attached hydrogens (tertiary/aromatic N) is 6. The largest absolute Gasteiger partial charge is 0.497 e. The van der Waals surface area contributed by atoms with Gasteiger partial charge in [-0.15, -0.1) is 5.10 Å². The minimum atomic E-state index is -0.293. The fraction of sp³-hybridized carbons (Fsp3) is 0.458. The summed E-state index contributed by atoms with van der Waals surface area (Å²) in [5.74, 6) is 2.03. The molecule has 1 atom stereocenters. The molecule has 0 bridgehead atoms. The van der Waals surface area contributed by atoms with E-state index in [9.17, 15) is 4.39 Å². The number of halogens is 1. The summed E-state index contributed by atoms with van der Waals surface area (Å²) in [4.78, 5) is 4.63. The highest BCUT2D eigenvalue weighted by Crippen LogP contribution is 2.38. The van der Waals surface area contributed by atoms with Crippen LogP contribution in [-0.2, 0) is 5.54 Å². The Morgan fingerprint density at radius 3 is 2.24 bits per heavy atom. The molecule has 8 nitrogen and oxygen atoms in total. The molecule has 3 aromatic rings. The van der Waals surface area contributed by atoms with Crippen LogP contribution in [-0.4, -0.2) is 65.5 Å². The predicted molar refractivity (Wildman–Crippen MR) is 124 cm³/mol. The standard InChI is InChI=1S/C24H31FN6O2/c1-24(2,3)31-23(26-27-28-31)22(20-16-19(32-4)10-11-21(20)33-5)30-14-12-29(13-15-30)18-8-6-17(25)7-9-18/h6-11,16,22H,12-15H2,1-5H3/t22-/m0/s1. The van der Waals surface area contributed by atoms with E-state index in [-0.39, 0.29) is 17.4 Å². The lowest BCUT2D eigenvalue weighted by Crippen LogP contribution is -2.48. The van der Waals surface area contributed by atoms with Crippen LogP contribution in [0.4, 0.5) is 10.1 Å². The van der Waals surface area contributed by atoms with Crippen LogP contribution in [0.25, 0.3) is 0 Å². The van der Waals surface area contributed by atoms with E-state index in [1.54, 1.807) is 14.2 Å². The van der Waals surface area contributed by atoms with E-state index in [0.717, 1.165) is 54.8 Å². The molecule has 0 spiro atoms. The normalized spacial score (nSPS) is 16.0. The Kier molecular flexibility index (Phi) is 6.51. The van der Waals surface area contributed by atoms with Crippen molar-refractivity contribution in [2.24, 2.45) is 0 Å². The van der Waals surface area contributed by atoms with Gasteiger partial charge in [0.25, 0.3) is 0 Å². The van der Waals surface area contributed by atoms with Crippen molar-refractivity contribution in [3.8, 4) is 11.5 Å². The highest BCUT2D eigenvalue weighted by molar-refractivity contribution is 5.48. The Balaban J connectivity index is 1.71. The van der Waals surface area contributed by atoms with Gasteiger partial charge >= 0.3 is 0 Å². The van der Waals surface area contributed by atoms with Gasteiger partial charge in [0.2, 0.25) is 0 Å². The molecule has 2 aromatic carbocycles. The first-order valence-corrected chi connectivity index (χ1v) is 11.1. The molecule has 33 heavy (non-hydrogen) atoms. The number of anilines is 1. The van der Waals surface area contributed by atoms with Gasteiger partial charge in [0, 0.05) is 37.4 Å². The number of piperazine rings is 1. The van der Waals surface area contributed by atoms with Crippen LogP contribution in [0.1, 0.15) is 38.2 Å². The molecule has 9 heteroatoms. The minimum absolute atomic E-state index is 0.223. The van der Waals surface area contributed by atoms with E-state index in [4.69, 9.17) is 9.47 Å². The molecule has 0 saturated carbocycles. The Hall–Kier alpha value is -3.20. The maximum atomic E-state index is 13.4. The molecule has 0 N–H and O–H groups in total. The lowest BCUT2D eigenvalue weighted by atomic mass is 10.00. The lowest BCUT2D eigenvalue weighted by molar-refractivity contribution is 0.188. The molecule has 0 unspecified atom stereocenters. The molecule has 1 aliphatic rings. The maximum absolute atomic E-state index is 13.4. The van der Waals surface area contributed by atoms with Crippen molar-refractivity contribution < 1.29 is 13.9 Å². The lowest BCUT2D eigenvalue weighted by Gasteiger charge is -2.40. The Labute approximate surface area is 193 Å². The van der Waals surface area contributed by atoms with Crippen molar-refractivity contribution >= 4 is 5.69 Å². The first-order valence-electron chi connectivity index (χ1n) is 11.1. The smallest absolute Gasteiger partial charge is 0.173 e. The molecule has 4 rings (SSSR count). The molecule has 1 saturated heterocycles. The zero-order valence-electron chi connectivity index (χ0n) is 19.8. The number of tetrazole rings is 1. The summed E-state index contributed by atoms with van der Waals surface area (Å²) in [7, 11) is 3.32. The highest BCUT2D eigenvalue weighted by Gasteiger charge is 2.35. The summed E-state index contributed by atoms with van der Waals surface area (Å²) in [5, 5.41) is 12.8. The molecule has 1 aliphatic heterocycles. The molecule has 2 heterocycles. The third-order valence-electron chi connectivity index (χ3n) is 5.98. The zero-order valence-corrected chi connectivity index (χ0v) is 19.8. The van der Waals surface area contributed by atoms with E-state index in [1.165, 1.54) is 12.1 Å². The number of ether oxygens (including phenoxy) is 2. The van der Waals surface area contributed by atoms with Crippen LogP contribution in [0.15, 0.2) is 42.5 Å². The third kappa shape index (κ3) is 4.78. The molecule has 0 radical (unpaired) electrons. The van der Waals surface area contributed by atoms with Gasteiger partial charge in [-0.3, -0.25) is 4.90 Å². The van der Waals surface area contributed by atoms with Crippen molar-refractivity contribution in [2.45, 2.75) is 32.4 Å². The topological polar surface area (TPSA) is 68.5 Å². The Morgan fingerprint density at radius 1 is 0.939 bits per heavy atom. The van der Waals surface area contributed by atoms with E-state index in [2.05, 4.69) is 46.1 Å². The summed E-state index contributed by atoms with van der Waals surface area (Å²) in [6.45, 7) is 9.40. The quantitative estimate of drug-likeness (QED) is 0.565. The van der Waals surface area contributed by atoms with Gasteiger partial charge in [0.15, 0.2) is 5.82 Å². The predicted octanol–water partition coefficient (Wildman–Crippen LogP) is 3.50. The van der Waals surface area contributed by atoms with Gasteiger partial charge in [-0.1, -0.05) is 0 Å². The molecule has 1 aromatic heterocycles. The second kappa shape index (κ2) is 9.35. The molecule has 0 aliphatic carbocycles. The maximum Gasteiger partial charge on any atom is 0.173 e. The monoisotopic (exact) mass is 454 g/mol. The summed E-state index contributed by atoms with van der Waals surface area (Å²) in [5.41, 5.74) is 1.68. The second-order valence-corrected chi connectivity index (χ2v) is 9.13. The van der Waals surface area contributed by atoms with Gasteiger partial charge in [0.1, 0.15) is 23.4 Å². The highest BCUT2D eigenvalue weighted by atomic mass is 19.1. The third-order valence-corrected chi connectivity index (χ3v) is 5.98. The number of methoxy groups -OCH3 is 2.